The molecule has 7 nitrogen and oxygen atoms in total. The van der Waals surface area contributed by atoms with Gasteiger partial charge in [0.2, 0.25) is 11.8 Å². The summed E-state index contributed by atoms with van der Waals surface area (Å²) >= 11 is 0. The van der Waals surface area contributed by atoms with Gasteiger partial charge in [0.15, 0.2) is 0 Å². The van der Waals surface area contributed by atoms with Crippen LogP contribution in [0.2, 0.25) is 0 Å². The van der Waals surface area contributed by atoms with Crippen LogP contribution in [0.25, 0.3) is 0 Å². The summed E-state index contributed by atoms with van der Waals surface area (Å²) in [6, 6.07) is 3.56. The van der Waals surface area contributed by atoms with Gasteiger partial charge in [-0.25, -0.2) is 9.37 Å². The van der Waals surface area contributed by atoms with Gasteiger partial charge in [-0.05, 0) is 31.4 Å². The second-order valence-electron chi connectivity index (χ2n) is 7.57. The maximum atomic E-state index is 13.1. The number of amides is 2. The highest BCUT2D eigenvalue weighted by atomic mass is 19.1. The van der Waals surface area contributed by atoms with Gasteiger partial charge in [-0.3, -0.25) is 14.6 Å². The molecule has 0 unspecified atom stereocenters. The summed E-state index contributed by atoms with van der Waals surface area (Å²) in [4.78, 5) is 35.3. The highest BCUT2D eigenvalue weighted by Gasteiger charge is 2.40. The number of nitrogens with one attached hydrogen (secondary N) is 1. The summed E-state index contributed by atoms with van der Waals surface area (Å²) in [7, 11) is 0. The fourth-order valence-electron chi connectivity index (χ4n) is 3.85. The minimum Gasteiger partial charge on any atom is -0.352 e. The number of alkyl halides is 1. The Morgan fingerprint density at radius 2 is 2.14 bits per heavy atom. The van der Waals surface area contributed by atoms with E-state index < -0.39 is 6.17 Å². The zero-order valence-corrected chi connectivity index (χ0v) is 15.8. The number of nitrogens with zero attached hydrogens (tertiary/aromatic N) is 4. The lowest BCUT2D eigenvalue weighted by Crippen LogP contribution is -2.47. The lowest BCUT2D eigenvalue weighted by atomic mass is 9.82. The number of aromatic nitrogens is 3. The van der Waals surface area contributed by atoms with Crippen LogP contribution < -0.4 is 5.32 Å². The summed E-state index contributed by atoms with van der Waals surface area (Å²) < 4.78 is 15.1. The summed E-state index contributed by atoms with van der Waals surface area (Å²) in [6.45, 7) is 3.59. The fraction of sp³-hybridized carbons (Fsp3) is 0.500. The molecule has 2 aromatic rings. The minimum atomic E-state index is -0.840. The van der Waals surface area contributed by atoms with Gasteiger partial charge in [0.1, 0.15) is 12.0 Å². The van der Waals surface area contributed by atoms with E-state index in [-0.39, 0.29) is 30.2 Å². The van der Waals surface area contributed by atoms with Crippen molar-refractivity contribution < 1.29 is 14.0 Å². The van der Waals surface area contributed by atoms with E-state index in [9.17, 15) is 14.0 Å². The first-order valence-electron chi connectivity index (χ1n) is 9.67. The Labute approximate surface area is 163 Å². The number of carbonyl (C=O) groups excluding carboxylic acids is 2. The van der Waals surface area contributed by atoms with Crippen LogP contribution in [0.4, 0.5) is 4.39 Å². The molecule has 0 radical (unpaired) electrons. The Morgan fingerprint density at radius 1 is 1.32 bits per heavy atom. The minimum absolute atomic E-state index is 0.0198. The van der Waals surface area contributed by atoms with Gasteiger partial charge >= 0.3 is 0 Å². The Hall–Kier alpha value is -2.77. The molecule has 4 rings (SSSR count). The molecule has 0 saturated heterocycles. The topological polar surface area (TPSA) is 80.1 Å². The van der Waals surface area contributed by atoms with Crippen molar-refractivity contribution in [1.82, 2.24) is 24.8 Å². The molecule has 1 N–H and O–H groups in total. The van der Waals surface area contributed by atoms with Crippen molar-refractivity contribution in [3.8, 4) is 0 Å². The van der Waals surface area contributed by atoms with Crippen LogP contribution in [0.5, 0.6) is 0 Å². The van der Waals surface area contributed by atoms with E-state index in [2.05, 4.69) is 15.3 Å². The second-order valence-corrected chi connectivity index (χ2v) is 7.57. The van der Waals surface area contributed by atoms with Crippen molar-refractivity contribution in [1.29, 1.82) is 0 Å². The number of hydrogen-bond donors (Lipinski definition) is 1. The first kappa shape index (κ1) is 18.6. The van der Waals surface area contributed by atoms with Crippen LogP contribution in [0.3, 0.4) is 0 Å². The maximum Gasteiger partial charge on any atom is 0.226 e. The summed E-state index contributed by atoms with van der Waals surface area (Å²) in [5, 5.41) is 2.87. The maximum absolute atomic E-state index is 13.1. The van der Waals surface area contributed by atoms with Crippen molar-refractivity contribution in [3.05, 3.63) is 47.8 Å². The molecule has 2 amide bonds. The molecule has 1 saturated carbocycles. The van der Waals surface area contributed by atoms with Crippen molar-refractivity contribution in [2.75, 3.05) is 6.54 Å². The first-order chi connectivity index (χ1) is 13.5. The first-order valence-corrected chi connectivity index (χ1v) is 9.67. The van der Waals surface area contributed by atoms with Crippen LogP contribution in [-0.2, 0) is 29.1 Å². The molecule has 2 aromatic heterocycles. The molecule has 1 aliphatic heterocycles. The fourth-order valence-corrected chi connectivity index (χ4v) is 3.85. The average molecular weight is 385 g/mol. The quantitative estimate of drug-likeness (QED) is 0.851. The third-order valence-electron chi connectivity index (χ3n) is 5.55. The number of hydrogen-bond acceptors (Lipinski definition) is 4. The third kappa shape index (κ3) is 3.76. The normalized spacial score (nSPS) is 23.6. The molecule has 0 bridgehead atoms. The Kier molecular flexibility index (Phi) is 5.11. The average Bonchev–Trinajstić information content (AvgIpc) is 3.08. The summed E-state index contributed by atoms with van der Waals surface area (Å²) in [6.07, 6.45) is 5.31. The number of rotatable bonds is 5. The number of pyridine rings is 1. The summed E-state index contributed by atoms with van der Waals surface area (Å²) in [5.41, 5.74) is 1.63. The standard InChI is InChI=1S/C20H24FN5O2/c1-13-19-24-17(9-18(27)23-11-14-3-2-4-22-10-14)12-25(19)5-6-26(13)20(28)15-7-16(21)8-15/h2-4,10,12-13,15-16H,5-9,11H2,1H3,(H,23,27)/t13-,15?,16?/m0/s1. The molecule has 1 atom stereocenters. The van der Waals surface area contributed by atoms with Gasteiger partial charge in [0.25, 0.3) is 0 Å². The van der Waals surface area contributed by atoms with E-state index in [1.165, 1.54) is 0 Å². The highest BCUT2D eigenvalue weighted by molar-refractivity contribution is 5.80. The van der Waals surface area contributed by atoms with Gasteiger partial charge < -0.3 is 14.8 Å². The molecule has 148 valence electrons. The lowest BCUT2D eigenvalue weighted by molar-refractivity contribution is -0.144. The van der Waals surface area contributed by atoms with Gasteiger partial charge in [-0.1, -0.05) is 6.07 Å². The Balaban J connectivity index is 1.36. The molecule has 2 aliphatic rings. The molecule has 1 fully saturated rings. The van der Waals surface area contributed by atoms with E-state index >= 15 is 0 Å². The van der Waals surface area contributed by atoms with Crippen LogP contribution >= 0.6 is 0 Å². The predicted molar refractivity (Wildman–Crippen MR) is 99.8 cm³/mol. The van der Waals surface area contributed by atoms with E-state index in [0.717, 1.165) is 11.4 Å². The molecule has 8 heteroatoms. The van der Waals surface area contributed by atoms with E-state index in [1.807, 2.05) is 29.8 Å². The van der Waals surface area contributed by atoms with Gasteiger partial charge in [0.05, 0.1) is 18.2 Å². The molecule has 0 spiro atoms. The van der Waals surface area contributed by atoms with E-state index in [0.29, 0.717) is 38.2 Å². The van der Waals surface area contributed by atoms with Crippen LogP contribution in [0, 0.1) is 5.92 Å². The smallest absolute Gasteiger partial charge is 0.226 e. The van der Waals surface area contributed by atoms with Crippen molar-refractivity contribution in [3.63, 3.8) is 0 Å². The second kappa shape index (κ2) is 7.69. The largest absolute Gasteiger partial charge is 0.352 e. The van der Waals surface area contributed by atoms with E-state index in [1.54, 1.807) is 17.3 Å². The highest BCUT2D eigenvalue weighted by Crippen LogP contribution is 2.35. The monoisotopic (exact) mass is 385 g/mol. The number of halogens is 1. The van der Waals surface area contributed by atoms with Gasteiger partial charge in [-0.15, -0.1) is 0 Å². The molecular formula is C20H24FN5O2. The molecule has 0 aromatic carbocycles. The SMILES string of the molecule is C[C@H]1c2nc(CC(=O)NCc3cccnc3)cn2CCN1C(=O)C1CC(F)C1. The Morgan fingerprint density at radius 3 is 2.86 bits per heavy atom. The predicted octanol–water partition coefficient (Wildman–Crippen LogP) is 1.79. The lowest BCUT2D eigenvalue weighted by Gasteiger charge is -2.39. The van der Waals surface area contributed by atoms with Gasteiger partial charge in [-0.2, -0.15) is 0 Å². The van der Waals surface area contributed by atoms with Crippen LogP contribution in [-0.4, -0.2) is 44.0 Å². The molecule has 28 heavy (non-hydrogen) atoms. The van der Waals surface area contributed by atoms with Crippen molar-refractivity contribution in [2.24, 2.45) is 5.92 Å². The zero-order valence-electron chi connectivity index (χ0n) is 15.8. The van der Waals surface area contributed by atoms with E-state index in [4.69, 9.17) is 0 Å². The zero-order chi connectivity index (χ0) is 19.7. The van der Waals surface area contributed by atoms with Crippen LogP contribution in [0.1, 0.15) is 42.9 Å². The van der Waals surface area contributed by atoms with Crippen molar-refractivity contribution in [2.45, 2.75) is 51.5 Å². The number of imidazole rings is 1. The summed E-state index contributed by atoms with van der Waals surface area (Å²) in [5.74, 6) is 0.497. The number of carbonyl (C=O) groups is 2. The third-order valence-corrected chi connectivity index (χ3v) is 5.55. The number of fused-ring (bicyclic) bond motifs is 1. The van der Waals surface area contributed by atoms with Crippen molar-refractivity contribution >= 4 is 11.8 Å². The van der Waals surface area contributed by atoms with Crippen LogP contribution in [0.15, 0.2) is 30.7 Å². The molecule has 3 heterocycles. The molecule has 1 aliphatic carbocycles. The van der Waals surface area contributed by atoms with Gasteiger partial charge in [0, 0.05) is 44.1 Å². The molecular weight excluding hydrogens is 361 g/mol. The Bertz CT molecular complexity index is 863.